The summed E-state index contributed by atoms with van der Waals surface area (Å²) in [5, 5.41) is 13.9. The number of unbranched alkanes of at least 4 members (excludes halogenated alkanes) is 1. The number of hydrogen-bond donors (Lipinski definition) is 3. The highest BCUT2D eigenvalue weighted by molar-refractivity contribution is 5.75. The summed E-state index contributed by atoms with van der Waals surface area (Å²) in [7, 11) is 0. The number of urea groups is 1. The van der Waals surface area contributed by atoms with Gasteiger partial charge in [0.1, 0.15) is 0 Å². The number of rotatable bonds is 6. The number of carboxylic acids is 1. The van der Waals surface area contributed by atoms with Crippen molar-refractivity contribution in [1.82, 2.24) is 10.6 Å². The van der Waals surface area contributed by atoms with Crippen LogP contribution in [0.3, 0.4) is 0 Å². The zero-order chi connectivity index (χ0) is 15.2. The molecule has 1 saturated carbocycles. The third-order valence-electron chi connectivity index (χ3n) is 3.29. The Balaban J connectivity index is 2.08. The number of carbonyl (C=O) groups excluding carboxylic acids is 1. The van der Waals surface area contributed by atoms with Crippen LogP contribution in [0, 0.1) is 5.92 Å². The van der Waals surface area contributed by atoms with E-state index >= 15 is 0 Å². The molecule has 1 aliphatic carbocycles. The third kappa shape index (κ3) is 6.63. The lowest BCUT2D eigenvalue weighted by Gasteiger charge is -2.13. The van der Waals surface area contributed by atoms with Gasteiger partial charge in [-0.05, 0) is 32.1 Å². The molecule has 2 atom stereocenters. The predicted octanol–water partition coefficient (Wildman–Crippen LogP) is 2.27. The predicted molar refractivity (Wildman–Crippen MR) is 65.2 cm³/mol. The average molecular weight is 296 g/mol. The molecular formula is C12H19F3N2O3. The van der Waals surface area contributed by atoms with Crippen molar-refractivity contribution in [2.24, 2.45) is 5.92 Å². The Morgan fingerprint density at radius 3 is 2.45 bits per heavy atom. The van der Waals surface area contributed by atoms with E-state index in [0.717, 1.165) is 0 Å². The van der Waals surface area contributed by atoms with Crippen LogP contribution >= 0.6 is 0 Å². The summed E-state index contributed by atoms with van der Waals surface area (Å²) in [5.41, 5.74) is 0. The normalized spacial score (nSPS) is 22.6. The smallest absolute Gasteiger partial charge is 0.389 e. The quantitative estimate of drug-likeness (QED) is 0.658. The summed E-state index contributed by atoms with van der Waals surface area (Å²) in [6.07, 6.45) is -3.22. The number of amides is 2. The molecule has 2 amide bonds. The molecule has 0 aromatic rings. The maximum Gasteiger partial charge on any atom is 0.389 e. The van der Waals surface area contributed by atoms with Crippen molar-refractivity contribution in [3.63, 3.8) is 0 Å². The van der Waals surface area contributed by atoms with E-state index in [-0.39, 0.29) is 25.4 Å². The molecule has 5 nitrogen and oxygen atoms in total. The molecule has 1 aliphatic rings. The molecule has 0 aromatic carbocycles. The van der Waals surface area contributed by atoms with Gasteiger partial charge in [-0.1, -0.05) is 0 Å². The minimum absolute atomic E-state index is 0.0195. The summed E-state index contributed by atoms with van der Waals surface area (Å²) >= 11 is 0. The van der Waals surface area contributed by atoms with Crippen molar-refractivity contribution in [1.29, 1.82) is 0 Å². The molecule has 3 N–H and O–H groups in total. The Morgan fingerprint density at radius 2 is 1.90 bits per heavy atom. The average Bonchev–Trinajstić information content (AvgIpc) is 2.75. The Bertz CT molecular complexity index is 347. The number of alkyl halides is 3. The standard InChI is InChI=1S/C12H19F3N2O3/c13-12(14,15)5-1-2-6-16-11(20)17-9-4-3-8(7-9)10(18)19/h8-9H,1-7H2,(H,18,19)(H2,16,17,20). The summed E-state index contributed by atoms with van der Waals surface area (Å²) in [6.45, 7) is 0.178. The number of hydrogen-bond acceptors (Lipinski definition) is 2. The van der Waals surface area contributed by atoms with E-state index in [2.05, 4.69) is 10.6 Å². The molecule has 0 spiro atoms. The molecule has 1 fully saturated rings. The fraction of sp³-hybridized carbons (Fsp3) is 0.833. The van der Waals surface area contributed by atoms with Crippen LogP contribution in [0.25, 0.3) is 0 Å². The van der Waals surface area contributed by atoms with Gasteiger partial charge in [0.15, 0.2) is 0 Å². The topological polar surface area (TPSA) is 78.4 Å². The number of carboxylic acid groups (broad SMARTS) is 1. The van der Waals surface area contributed by atoms with E-state index in [0.29, 0.717) is 19.3 Å². The van der Waals surface area contributed by atoms with Gasteiger partial charge in [0.2, 0.25) is 0 Å². The molecule has 0 saturated heterocycles. The maximum atomic E-state index is 11.9. The second-order valence-electron chi connectivity index (χ2n) is 5.02. The minimum atomic E-state index is -4.15. The van der Waals surface area contributed by atoms with Crippen LogP contribution < -0.4 is 10.6 Å². The van der Waals surface area contributed by atoms with Crippen molar-refractivity contribution < 1.29 is 27.9 Å². The maximum absolute atomic E-state index is 11.9. The van der Waals surface area contributed by atoms with Crippen LogP contribution in [-0.4, -0.2) is 35.9 Å². The molecule has 20 heavy (non-hydrogen) atoms. The monoisotopic (exact) mass is 296 g/mol. The van der Waals surface area contributed by atoms with Crippen molar-refractivity contribution in [3.8, 4) is 0 Å². The fourth-order valence-electron chi connectivity index (χ4n) is 2.23. The molecule has 0 aliphatic heterocycles. The molecule has 0 aromatic heterocycles. The molecule has 2 unspecified atom stereocenters. The summed E-state index contributed by atoms with van der Waals surface area (Å²) < 4.78 is 35.6. The van der Waals surface area contributed by atoms with Gasteiger partial charge >= 0.3 is 18.2 Å². The first-order valence-electron chi connectivity index (χ1n) is 6.62. The van der Waals surface area contributed by atoms with Gasteiger partial charge in [0, 0.05) is 19.0 Å². The first-order valence-corrected chi connectivity index (χ1v) is 6.62. The number of carbonyl (C=O) groups is 2. The first kappa shape index (κ1) is 16.6. The second kappa shape index (κ2) is 7.35. The molecule has 8 heteroatoms. The van der Waals surface area contributed by atoms with E-state index < -0.39 is 30.5 Å². The lowest BCUT2D eigenvalue weighted by Crippen LogP contribution is -2.41. The summed E-state index contributed by atoms with van der Waals surface area (Å²) in [6, 6.07) is -0.626. The summed E-state index contributed by atoms with van der Waals surface area (Å²) in [5.74, 6) is -1.28. The van der Waals surface area contributed by atoms with Crippen molar-refractivity contribution in [2.75, 3.05) is 6.54 Å². The molecule has 0 radical (unpaired) electrons. The Kier molecular flexibility index (Phi) is 6.09. The number of nitrogens with one attached hydrogen (secondary N) is 2. The van der Waals surface area contributed by atoms with E-state index in [1.807, 2.05) is 0 Å². The lowest BCUT2D eigenvalue weighted by molar-refractivity contribution is -0.141. The van der Waals surface area contributed by atoms with Gasteiger partial charge in [0.25, 0.3) is 0 Å². The largest absolute Gasteiger partial charge is 0.481 e. The Hall–Kier alpha value is -1.47. The highest BCUT2D eigenvalue weighted by Crippen LogP contribution is 2.25. The SMILES string of the molecule is O=C(NCCCCC(F)(F)F)NC1CCC(C(=O)O)C1. The van der Waals surface area contributed by atoms with Gasteiger partial charge < -0.3 is 15.7 Å². The molecule has 116 valence electrons. The minimum Gasteiger partial charge on any atom is -0.481 e. The highest BCUT2D eigenvalue weighted by Gasteiger charge is 2.30. The van der Waals surface area contributed by atoms with Crippen LogP contribution in [0.4, 0.5) is 18.0 Å². The van der Waals surface area contributed by atoms with Gasteiger partial charge in [-0.3, -0.25) is 4.79 Å². The number of halogens is 3. The van der Waals surface area contributed by atoms with Crippen LogP contribution in [0.5, 0.6) is 0 Å². The van der Waals surface area contributed by atoms with E-state index in [1.54, 1.807) is 0 Å². The summed E-state index contributed by atoms with van der Waals surface area (Å²) in [4.78, 5) is 22.2. The zero-order valence-corrected chi connectivity index (χ0v) is 11.0. The van der Waals surface area contributed by atoms with Crippen LogP contribution in [0.15, 0.2) is 0 Å². The lowest BCUT2D eigenvalue weighted by atomic mass is 10.1. The molecule has 1 rings (SSSR count). The van der Waals surface area contributed by atoms with Crippen LogP contribution in [-0.2, 0) is 4.79 Å². The number of aliphatic carboxylic acids is 1. The first-order chi connectivity index (χ1) is 9.28. The highest BCUT2D eigenvalue weighted by atomic mass is 19.4. The fourth-order valence-corrected chi connectivity index (χ4v) is 2.23. The second-order valence-corrected chi connectivity index (χ2v) is 5.02. The molecular weight excluding hydrogens is 277 g/mol. The van der Waals surface area contributed by atoms with Crippen molar-refractivity contribution in [3.05, 3.63) is 0 Å². The van der Waals surface area contributed by atoms with Gasteiger partial charge in [-0.25, -0.2) is 4.79 Å². The van der Waals surface area contributed by atoms with E-state index in [4.69, 9.17) is 5.11 Å². The van der Waals surface area contributed by atoms with E-state index in [1.165, 1.54) is 0 Å². The van der Waals surface area contributed by atoms with Crippen molar-refractivity contribution >= 4 is 12.0 Å². The molecule has 0 heterocycles. The Morgan fingerprint density at radius 1 is 1.20 bits per heavy atom. The van der Waals surface area contributed by atoms with Gasteiger partial charge in [-0.15, -0.1) is 0 Å². The van der Waals surface area contributed by atoms with Crippen LogP contribution in [0.2, 0.25) is 0 Å². The molecule has 0 bridgehead atoms. The van der Waals surface area contributed by atoms with E-state index in [9.17, 15) is 22.8 Å². The van der Waals surface area contributed by atoms with Gasteiger partial charge in [-0.2, -0.15) is 13.2 Å². The Labute approximate surface area is 114 Å². The van der Waals surface area contributed by atoms with Gasteiger partial charge in [0.05, 0.1) is 5.92 Å². The zero-order valence-electron chi connectivity index (χ0n) is 11.0. The van der Waals surface area contributed by atoms with Crippen LogP contribution in [0.1, 0.15) is 38.5 Å². The third-order valence-corrected chi connectivity index (χ3v) is 3.29. The van der Waals surface area contributed by atoms with Crippen molar-refractivity contribution in [2.45, 2.75) is 50.7 Å².